The van der Waals surface area contributed by atoms with Gasteiger partial charge in [0.25, 0.3) is 17.2 Å². The number of nitrogens with zero attached hydrogens (tertiary/aromatic N) is 6. The summed E-state index contributed by atoms with van der Waals surface area (Å²) in [7, 11) is 0. The van der Waals surface area contributed by atoms with Crippen molar-refractivity contribution in [3.8, 4) is 17.4 Å². The van der Waals surface area contributed by atoms with Gasteiger partial charge in [-0.05, 0) is 55.8 Å². The molecule has 0 atom stereocenters. The van der Waals surface area contributed by atoms with E-state index in [1.165, 1.54) is 31.3 Å². The van der Waals surface area contributed by atoms with Crippen LogP contribution in [0.1, 0.15) is 32.9 Å². The van der Waals surface area contributed by atoms with Crippen LogP contribution in [0, 0.1) is 35.3 Å². The highest BCUT2D eigenvalue weighted by Crippen LogP contribution is 2.19. The van der Waals surface area contributed by atoms with Gasteiger partial charge in [-0.15, -0.1) is 0 Å². The number of nitriles is 1. The van der Waals surface area contributed by atoms with Crippen molar-refractivity contribution in [2.75, 3.05) is 0 Å². The second-order valence-electron chi connectivity index (χ2n) is 7.89. The number of hydrogen-bond donors (Lipinski definition) is 1. The van der Waals surface area contributed by atoms with Crippen molar-refractivity contribution < 1.29 is 9.72 Å². The first-order chi connectivity index (χ1) is 17.7. The molecule has 12 heteroatoms. The van der Waals surface area contributed by atoms with E-state index in [0.717, 1.165) is 10.2 Å². The van der Waals surface area contributed by atoms with Crippen LogP contribution in [0.15, 0.2) is 70.7 Å². The van der Waals surface area contributed by atoms with E-state index >= 15 is 0 Å². The lowest BCUT2D eigenvalue weighted by Crippen LogP contribution is -2.31. The molecule has 11 nitrogen and oxygen atoms in total. The van der Waals surface area contributed by atoms with Gasteiger partial charge in [-0.3, -0.25) is 19.7 Å². The number of nitro groups is 1. The summed E-state index contributed by atoms with van der Waals surface area (Å²) in [6.45, 7) is 3.25. The van der Waals surface area contributed by atoms with Gasteiger partial charge in [0.15, 0.2) is 5.69 Å². The van der Waals surface area contributed by atoms with Crippen LogP contribution in [0.5, 0.6) is 0 Å². The van der Waals surface area contributed by atoms with E-state index in [1.807, 2.05) is 6.07 Å². The van der Waals surface area contributed by atoms with Crippen molar-refractivity contribution in [2.24, 2.45) is 5.10 Å². The number of carbonyl (C=O) groups excluding carboxylic acids is 1. The van der Waals surface area contributed by atoms with Crippen LogP contribution in [0.4, 0.5) is 5.69 Å². The van der Waals surface area contributed by atoms with Crippen molar-refractivity contribution in [1.29, 1.82) is 5.26 Å². The molecule has 0 aliphatic carbocycles. The number of non-ortho nitro benzene ring substituents is 1. The van der Waals surface area contributed by atoms with E-state index in [0.29, 0.717) is 22.1 Å². The summed E-state index contributed by atoms with van der Waals surface area (Å²) in [6.07, 6.45) is 3.12. The number of rotatable bonds is 6. The summed E-state index contributed by atoms with van der Waals surface area (Å²) < 4.78 is 2.67. The van der Waals surface area contributed by atoms with E-state index in [4.69, 9.17) is 11.6 Å². The van der Waals surface area contributed by atoms with Crippen LogP contribution < -0.4 is 11.0 Å². The Bertz CT molecular complexity index is 1660. The van der Waals surface area contributed by atoms with Crippen LogP contribution in [-0.2, 0) is 0 Å². The molecular weight excluding hydrogens is 498 g/mol. The fraction of sp³-hybridized carbons (Fsp3) is 0.0800. The third-order valence-corrected chi connectivity index (χ3v) is 5.95. The zero-order valence-electron chi connectivity index (χ0n) is 19.5. The zero-order chi connectivity index (χ0) is 26.7. The molecule has 1 N–H and O–H groups in total. The predicted molar refractivity (Wildman–Crippen MR) is 137 cm³/mol. The molecular formula is C25H18ClN7O4. The molecule has 0 radical (unpaired) electrons. The minimum Gasteiger partial charge on any atom is -0.316 e. The highest BCUT2D eigenvalue weighted by atomic mass is 35.5. The fourth-order valence-electron chi connectivity index (χ4n) is 3.52. The number of nitrogens with one attached hydrogen (secondary N) is 1. The summed E-state index contributed by atoms with van der Waals surface area (Å²) in [5.41, 5.74) is 3.71. The van der Waals surface area contributed by atoms with Crippen LogP contribution in [0.2, 0.25) is 5.02 Å². The number of carbonyl (C=O) groups is 1. The van der Waals surface area contributed by atoms with Gasteiger partial charge in [0.2, 0.25) is 0 Å². The summed E-state index contributed by atoms with van der Waals surface area (Å²) in [5.74, 6) is -0.731. The van der Waals surface area contributed by atoms with Crippen molar-refractivity contribution in [1.82, 2.24) is 19.8 Å². The fourth-order valence-corrected chi connectivity index (χ4v) is 3.70. The molecule has 4 aromatic rings. The van der Waals surface area contributed by atoms with Gasteiger partial charge < -0.3 is 4.57 Å². The molecule has 0 fully saturated rings. The Morgan fingerprint density at radius 1 is 1.19 bits per heavy atom. The van der Waals surface area contributed by atoms with Gasteiger partial charge in [0.1, 0.15) is 11.6 Å². The Labute approximate surface area is 215 Å². The normalized spacial score (nSPS) is 10.9. The molecule has 0 aliphatic rings. The maximum absolute atomic E-state index is 12.9. The molecule has 0 bridgehead atoms. The first-order valence-electron chi connectivity index (χ1n) is 10.8. The summed E-state index contributed by atoms with van der Waals surface area (Å²) in [5, 5.41) is 29.0. The van der Waals surface area contributed by atoms with Crippen molar-refractivity contribution in [3.05, 3.63) is 114 Å². The predicted octanol–water partition coefficient (Wildman–Crippen LogP) is 3.84. The topological polar surface area (TPSA) is 148 Å². The van der Waals surface area contributed by atoms with Crippen LogP contribution in [-0.4, -0.2) is 31.4 Å². The number of aromatic nitrogens is 3. The lowest BCUT2D eigenvalue weighted by Gasteiger charge is -2.11. The lowest BCUT2D eigenvalue weighted by atomic mass is 10.1. The first kappa shape index (κ1) is 25.0. The Hall–Kier alpha value is -5.08. The number of hydrogen-bond acceptors (Lipinski definition) is 7. The molecule has 184 valence electrons. The monoisotopic (exact) mass is 515 g/mol. The molecule has 2 heterocycles. The minimum atomic E-state index is -0.731. The van der Waals surface area contributed by atoms with Gasteiger partial charge in [-0.25, -0.2) is 5.43 Å². The largest absolute Gasteiger partial charge is 0.316 e. The van der Waals surface area contributed by atoms with E-state index in [2.05, 4.69) is 15.6 Å². The highest BCUT2D eigenvalue weighted by Gasteiger charge is 2.20. The molecule has 2 aromatic heterocycles. The smallest absolute Gasteiger partial charge is 0.292 e. The Morgan fingerprint density at radius 3 is 2.54 bits per heavy atom. The molecule has 0 unspecified atom stereocenters. The van der Waals surface area contributed by atoms with Gasteiger partial charge >= 0.3 is 0 Å². The summed E-state index contributed by atoms with van der Waals surface area (Å²) in [6, 6.07) is 16.1. The number of halogens is 1. The summed E-state index contributed by atoms with van der Waals surface area (Å²) in [4.78, 5) is 36.2. The van der Waals surface area contributed by atoms with Crippen LogP contribution >= 0.6 is 11.6 Å². The first-order valence-corrected chi connectivity index (χ1v) is 11.1. The Kier molecular flexibility index (Phi) is 6.95. The maximum Gasteiger partial charge on any atom is 0.292 e. The van der Waals surface area contributed by atoms with Crippen molar-refractivity contribution in [2.45, 2.75) is 13.8 Å². The minimum absolute atomic E-state index is 0.0350. The second kappa shape index (κ2) is 10.3. The lowest BCUT2D eigenvalue weighted by molar-refractivity contribution is -0.384. The molecule has 0 spiro atoms. The molecule has 0 saturated carbocycles. The zero-order valence-corrected chi connectivity index (χ0v) is 20.3. The number of nitro benzene ring substituents is 1. The molecule has 2 aromatic carbocycles. The molecule has 0 saturated heterocycles. The number of hydrazone groups is 1. The van der Waals surface area contributed by atoms with Crippen LogP contribution in [0.25, 0.3) is 11.4 Å². The third kappa shape index (κ3) is 5.00. The Morgan fingerprint density at radius 2 is 1.89 bits per heavy atom. The van der Waals surface area contributed by atoms with Gasteiger partial charge in [-0.2, -0.15) is 20.1 Å². The van der Waals surface area contributed by atoms with Gasteiger partial charge in [-0.1, -0.05) is 17.7 Å². The Balaban J connectivity index is 1.62. The van der Waals surface area contributed by atoms with Gasteiger partial charge in [0.05, 0.1) is 22.5 Å². The molecule has 0 aliphatic heterocycles. The van der Waals surface area contributed by atoms with E-state index in [-0.39, 0.29) is 22.5 Å². The van der Waals surface area contributed by atoms with Crippen molar-refractivity contribution >= 4 is 29.4 Å². The van der Waals surface area contributed by atoms with Crippen molar-refractivity contribution in [3.63, 3.8) is 0 Å². The summed E-state index contributed by atoms with van der Waals surface area (Å²) >= 11 is 6.18. The molecule has 1 amide bonds. The maximum atomic E-state index is 12.9. The molecule has 37 heavy (non-hydrogen) atoms. The number of aryl methyl sites for hydroxylation is 1. The quantitative estimate of drug-likeness (QED) is 0.234. The standard InChI is InChI=1S/C25H18ClN7O4/c1-15-5-6-19(12-22(15)26)32-25(35)21(13-27)16(2)23(30-32)24(34)29-28-14-20-4-3-11-31(20)17-7-9-18(10-8-17)33(36)37/h3-12,14H,1-2H3,(H,29,34)/b28-14+. The SMILES string of the molecule is Cc1ccc(-n2nc(C(=O)N/N=C/c3cccn3-c3ccc([N+](=O)[O-])cc3)c(C)c(C#N)c2=O)cc1Cl. The number of benzene rings is 2. The average Bonchev–Trinajstić information content (AvgIpc) is 3.35. The molecule has 4 rings (SSSR count). The number of amides is 1. The third-order valence-electron chi connectivity index (χ3n) is 5.55. The van der Waals surface area contributed by atoms with E-state index < -0.39 is 16.4 Å². The van der Waals surface area contributed by atoms with E-state index in [1.54, 1.807) is 54.1 Å². The highest BCUT2D eigenvalue weighted by molar-refractivity contribution is 6.31. The average molecular weight is 516 g/mol. The second-order valence-corrected chi connectivity index (χ2v) is 8.29. The van der Waals surface area contributed by atoms with E-state index in [9.17, 15) is 25.0 Å². The van der Waals surface area contributed by atoms with Crippen LogP contribution in [0.3, 0.4) is 0 Å². The van der Waals surface area contributed by atoms with Gasteiger partial charge in [0, 0.05) is 34.6 Å².